The van der Waals surface area contributed by atoms with Crippen LogP contribution in [0, 0.1) is 0 Å². The zero-order valence-electron chi connectivity index (χ0n) is 10.0. The number of rotatable bonds is 6. The van der Waals surface area contributed by atoms with Crippen LogP contribution in [0.25, 0.3) is 0 Å². The highest BCUT2D eigenvalue weighted by Crippen LogP contribution is 2.12. The van der Waals surface area contributed by atoms with E-state index >= 15 is 0 Å². The average Bonchev–Trinajstić information content (AvgIpc) is 2.92. The first-order chi connectivity index (χ1) is 9.12. The van der Waals surface area contributed by atoms with Crippen LogP contribution in [0.1, 0.15) is 11.3 Å². The quantitative estimate of drug-likeness (QED) is 0.805. The number of hydrogen-bond acceptors (Lipinski definition) is 4. The summed E-state index contributed by atoms with van der Waals surface area (Å²) in [5.74, 6) is 0. The molecule has 2 aromatic rings. The Balaban J connectivity index is 1.97. The summed E-state index contributed by atoms with van der Waals surface area (Å²) in [7, 11) is -3.43. The minimum absolute atomic E-state index is 0.287. The Hall–Kier alpha value is -0.760. The van der Waals surface area contributed by atoms with E-state index in [1.54, 1.807) is 29.8 Å². The summed E-state index contributed by atoms with van der Waals surface area (Å²) in [6.45, 7) is 0.353. The zero-order chi connectivity index (χ0) is 13.7. The van der Waals surface area contributed by atoms with Crippen molar-refractivity contribution in [1.82, 2.24) is 9.71 Å². The second kappa shape index (κ2) is 6.60. The fraction of sp³-hybridized carbons (Fsp3) is 0.250. The summed E-state index contributed by atoms with van der Waals surface area (Å²) < 4.78 is 26.6. The number of sulfonamides is 1. The number of halogens is 1. The van der Waals surface area contributed by atoms with E-state index in [1.807, 2.05) is 5.38 Å². The van der Waals surface area contributed by atoms with E-state index in [-0.39, 0.29) is 4.90 Å². The molecule has 102 valence electrons. The molecule has 0 bridgehead atoms. The minimum atomic E-state index is -3.43. The van der Waals surface area contributed by atoms with E-state index in [4.69, 9.17) is 0 Å². The van der Waals surface area contributed by atoms with Gasteiger partial charge in [-0.15, -0.1) is 11.3 Å². The van der Waals surface area contributed by atoms with Crippen molar-refractivity contribution in [2.45, 2.75) is 16.6 Å². The van der Waals surface area contributed by atoms with Gasteiger partial charge in [-0.05, 0) is 17.7 Å². The van der Waals surface area contributed by atoms with E-state index in [1.165, 1.54) is 11.3 Å². The van der Waals surface area contributed by atoms with E-state index in [2.05, 4.69) is 25.6 Å². The van der Waals surface area contributed by atoms with Gasteiger partial charge in [0.15, 0.2) is 0 Å². The van der Waals surface area contributed by atoms with Gasteiger partial charge in [-0.25, -0.2) is 18.1 Å². The lowest BCUT2D eigenvalue weighted by Crippen LogP contribution is -2.26. The van der Waals surface area contributed by atoms with Crippen molar-refractivity contribution in [3.05, 3.63) is 46.4 Å². The molecule has 0 unspecified atom stereocenters. The normalized spacial score (nSPS) is 11.6. The van der Waals surface area contributed by atoms with Crippen molar-refractivity contribution in [2.75, 3.05) is 6.54 Å². The molecule has 1 aromatic heterocycles. The van der Waals surface area contributed by atoms with Crippen LogP contribution in [-0.2, 0) is 21.8 Å². The van der Waals surface area contributed by atoms with Gasteiger partial charge in [-0.2, -0.15) is 0 Å². The first-order valence-corrected chi connectivity index (χ1v) is 9.18. The van der Waals surface area contributed by atoms with Gasteiger partial charge in [0.2, 0.25) is 10.0 Å². The molecular weight excluding hydrogens is 348 g/mol. The predicted octanol–water partition coefficient (Wildman–Crippen LogP) is 2.56. The van der Waals surface area contributed by atoms with Crippen LogP contribution in [0.4, 0.5) is 0 Å². The van der Waals surface area contributed by atoms with Gasteiger partial charge in [0.25, 0.3) is 0 Å². The maximum Gasteiger partial charge on any atom is 0.240 e. The Labute approximate surface area is 125 Å². The Morgan fingerprint density at radius 1 is 1.26 bits per heavy atom. The number of thiazole rings is 1. The molecule has 1 N–H and O–H groups in total. The Bertz CT molecular complexity index is 610. The highest BCUT2D eigenvalue weighted by Gasteiger charge is 2.13. The first-order valence-electron chi connectivity index (χ1n) is 5.63. The van der Waals surface area contributed by atoms with Crippen molar-refractivity contribution < 1.29 is 8.42 Å². The molecular formula is C12H13BrN2O2S2. The second-order valence-corrected chi connectivity index (χ2v) is 6.95. The first kappa shape index (κ1) is 14.6. The van der Waals surface area contributed by atoms with Gasteiger partial charge < -0.3 is 0 Å². The lowest BCUT2D eigenvalue weighted by molar-refractivity contribution is 0.581. The van der Waals surface area contributed by atoms with Crippen LogP contribution < -0.4 is 4.72 Å². The molecule has 0 radical (unpaired) electrons. The van der Waals surface area contributed by atoms with Crippen LogP contribution in [0.2, 0.25) is 0 Å². The highest BCUT2D eigenvalue weighted by atomic mass is 79.9. The summed E-state index contributed by atoms with van der Waals surface area (Å²) >= 11 is 4.83. The largest absolute Gasteiger partial charge is 0.250 e. The van der Waals surface area contributed by atoms with E-state index < -0.39 is 10.0 Å². The molecule has 0 saturated carbocycles. The molecule has 4 nitrogen and oxygen atoms in total. The van der Waals surface area contributed by atoms with E-state index in [0.29, 0.717) is 18.3 Å². The Morgan fingerprint density at radius 3 is 2.58 bits per heavy atom. The van der Waals surface area contributed by atoms with Gasteiger partial charge in [0, 0.05) is 23.7 Å². The molecule has 7 heteroatoms. The molecule has 1 aromatic carbocycles. The minimum Gasteiger partial charge on any atom is -0.250 e. The molecule has 0 aliphatic carbocycles. The summed E-state index contributed by atoms with van der Waals surface area (Å²) in [6.07, 6.45) is 0.599. The maximum atomic E-state index is 12.0. The molecule has 0 saturated heterocycles. The average molecular weight is 361 g/mol. The number of aromatic nitrogens is 1. The van der Waals surface area contributed by atoms with Gasteiger partial charge in [0.05, 0.1) is 16.1 Å². The number of nitrogens with zero attached hydrogens (tertiary/aromatic N) is 1. The molecule has 0 fully saturated rings. The van der Waals surface area contributed by atoms with Crippen molar-refractivity contribution in [3.63, 3.8) is 0 Å². The second-order valence-electron chi connectivity index (χ2n) is 3.91. The fourth-order valence-electron chi connectivity index (χ4n) is 1.52. The summed E-state index contributed by atoms with van der Waals surface area (Å²) in [4.78, 5) is 4.40. The van der Waals surface area contributed by atoms with Gasteiger partial charge in [-0.1, -0.05) is 28.1 Å². The molecule has 0 aliphatic heterocycles. The van der Waals surface area contributed by atoms with Crippen molar-refractivity contribution in [3.8, 4) is 0 Å². The maximum absolute atomic E-state index is 12.0. The van der Waals surface area contributed by atoms with Crippen molar-refractivity contribution in [2.24, 2.45) is 0 Å². The third-order valence-corrected chi connectivity index (χ3v) is 5.30. The molecule has 19 heavy (non-hydrogen) atoms. The molecule has 0 amide bonds. The fourth-order valence-corrected chi connectivity index (χ4v) is 3.51. The van der Waals surface area contributed by atoms with Crippen LogP contribution in [0.15, 0.2) is 40.1 Å². The lowest BCUT2D eigenvalue weighted by Gasteiger charge is -2.06. The summed E-state index contributed by atoms with van der Waals surface area (Å²) in [6, 6.07) is 6.82. The molecule has 2 rings (SSSR count). The molecule has 1 heterocycles. The van der Waals surface area contributed by atoms with Crippen molar-refractivity contribution in [1.29, 1.82) is 0 Å². The Kier molecular flexibility index (Phi) is 5.09. The lowest BCUT2D eigenvalue weighted by atomic mass is 10.2. The van der Waals surface area contributed by atoms with Gasteiger partial charge in [0.1, 0.15) is 0 Å². The topological polar surface area (TPSA) is 59.1 Å². The standard InChI is InChI=1S/C12H13BrN2O2S2/c13-7-10-1-3-12(4-2-10)19(16,17)15-6-5-11-8-18-9-14-11/h1-4,8-9,15H,5-7H2. The Morgan fingerprint density at radius 2 is 2.00 bits per heavy atom. The van der Waals surface area contributed by atoms with Crippen LogP contribution in [0.5, 0.6) is 0 Å². The third kappa shape index (κ3) is 4.10. The van der Waals surface area contributed by atoms with Crippen LogP contribution in [-0.4, -0.2) is 19.9 Å². The zero-order valence-corrected chi connectivity index (χ0v) is 13.3. The summed E-state index contributed by atoms with van der Waals surface area (Å²) in [5.41, 5.74) is 3.69. The van der Waals surface area contributed by atoms with E-state index in [9.17, 15) is 8.42 Å². The third-order valence-electron chi connectivity index (χ3n) is 2.54. The van der Waals surface area contributed by atoms with Gasteiger partial charge >= 0.3 is 0 Å². The number of alkyl halides is 1. The predicted molar refractivity (Wildman–Crippen MR) is 80.1 cm³/mol. The molecule has 0 spiro atoms. The molecule has 0 aliphatic rings. The van der Waals surface area contributed by atoms with Crippen LogP contribution in [0.3, 0.4) is 0 Å². The number of benzene rings is 1. The van der Waals surface area contributed by atoms with Crippen molar-refractivity contribution >= 4 is 37.3 Å². The SMILES string of the molecule is O=S(=O)(NCCc1cscn1)c1ccc(CBr)cc1. The number of hydrogen-bond donors (Lipinski definition) is 1. The highest BCUT2D eigenvalue weighted by molar-refractivity contribution is 9.08. The molecule has 0 atom stereocenters. The van der Waals surface area contributed by atoms with E-state index in [0.717, 1.165) is 11.3 Å². The van der Waals surface area contributed by atoms with Crippen LogP contribution >= 0.6 is 27.3 Å². The number of nitrogens with one attached hydrogen (secondary N) is 1. The monoisotopic (exact) mass is 360 g/mol. The smallest absolute Gasteiger partial charge is 0.240 e. The summed E-state index contributed by atoms with van der Waals surface area (Å²) in [5, 5.41) is 2.63. The van der Waals surface area contributed by atoms with Gasteiger partial charge in [-0.3, -0.25) is 0 Å².